The SMILES string of the molecule is CS(=O)(=O)NCc1ccc(-c2ccccc2C(=O)NCc2ccc(C(F)(F)F)nc2)cc1C(N)=O. The number of rotatable bonds is 8. The maximum Gasteiger partial charge on any atom is 0.433 e. The molecule has 0 atom stereocenters. The number of amides is 2. The molecule has 0 saturated carbocycles. The fourth-order valence-electron chi connectivity index (χ4n) is 3.24. The molecular weight excluding hydrogens is 485 g/mol. The Bertz CT molecular complexity index is 1360. The molecule has 0 aliphatic heterocycles. The highest BCUT2D eigenvalue weighted by Gasteiger charge is 2.32. The number of nitrogens with one attached hydrogen (secondary N) is 2. The fourth-order valence-corrected chi connectivity index (χ4v) is 3.66. The molecule has 1 aromatic heterocycles. The number of halogens is 3. The first kappa shape index (κ1) is 25.8. The Morgan fingerprint density at radius 2 is 1.71 bits per heavy atom. The van der Waals surface area contributed by atoms with Gasteiger partial charge < -0.3 is 11.1 Å². The first-order valence-electron chi connectivity index (χ1n) is 10.1. The average molecular weight is 507 g/mol. The van der Waals surface area contributed by atoms with Gasteiger partial charge in [-0.25, -0.2) is 13.1 Å². The van der Waals surface area contributed by atoms with Crippen molar-refractivity contribution < 1.29 is 31.2 Å². The third-order valence-corrected chi connectivity index (χ3v) is 5.62. The highest BCUT2D eigenvalue weighted by Crippen LogP contribution is 2.28. The van der Waals surface area contributed by atoms with Gasteiger partial charge >= 0.3 is 6.18 Å². The number of hydrogen-bond acceptors (Lipinski definition) is 5. The quantitative estimate of drug-likeness (QED) is 0.432. The smallest absolute Gasteiger partial charge is 0.366 e. The number of primary amides is 1. The summed E-state index contributed by atoms with van der Waals surface area (Å²) >= 11 is 0. The van der Waals surface area contributed by atoms with E-state index in [1.54, 1.807) is 30.3 Å². The molecule has 0 bridgehead atoms. The minimum absolute atomic E-state index is 0.0546. The Kier molecular flexibility index (Phi) is 7.56. The largest absolute Gasteiger partial charge is 0.433 e. The van der Waals surface area contributed by atoms with Crippen LogP contribution in [0.4, 0.5) is 13.2 Å². The summed E-state index contributed by atoms with van der Waals surface area (Å²) in [4.78, 5) is 28.2. The highest BCUT2D eigenvalue weighted by atomic mass is 32.2. The number of aromatic nitrogens is 1. The van der Waals surface area contributed by atoms with Crippen LogP contribution in [0.2, 0.25) is 0 Å². The van der Waals surface area contributed by atoms with E-state index in [2.05, 4.69) is 15.0 Å². The molecule has 0 saturated heterocycles. The Morgan fingerprint density at radius 1 is 1.00 bits per heavy atom. The maximum absolute atomic E-state index is 12.9. The van der Waals surface area contributed by atoms with Gasteiger partial charge in [0.1, 0.15) is 5.69 Å². The van der Waals surface area contributed by atoms with Crippen LogP contribution in [0, 0.1) is 0 Å². The molecule has 35 heavy (non-hydrogen) atoms. The normalized spacial score (nSPS) is 11.8. The summed E-state index contributed by atoms with van der Waals surface area (Å²) < 4.78 is 63.1. The van der Waals surface area contributed by atoms with Gasteiger partial charge in [-0.2, -0.15) is 13.2 Å². The van der Waals surface area contributed by atoms with Crippen LogP contribution in [0.1, 0.15) is 37.5 Å². The molecule has 12 heteroatoms. The minimum Gasteiger partial charge on any atom is -0.366 e. The summed E-state index contributed by atoms with van der Waals surface area (Å²) in [6.45, 7) is -0.193. The molecule has 8 nitrogen and oxygen atoms in total. The van der Waals surface area contributed by atoms with Crippen LogP contribution in [-0.4, -0.2) is 31.5 Å². The number of carbonyl (C=O) groups is 2. The van der Waals surface area contributed by atoms with Crippen LogP contribution in [0.15, 0.2) is 60.8 Å². The first-order chi connectivity index (χ1) is 16.3. The van der Waals surface area contributed by atoms with Crippen molar-refractivity contribution in [2.75, 3.05) is 6.26 Å². The van der Waals surface area contributed by atoms with Crippen molar-refractivity contribution in [2.45, 2.75) is 19.3 Å². The lowest BCUT2D eigenvalue weighted by atomic mass is 9.95. The van der Waals surface area contributed by atoms with Gasteiger partial charge in [-0.15, -0.1) is 0 Å². The number of sulfonamides is 1. The third kappa shape index (κ3) is 6.87. The number of pyridine rings is 1. The van der Waals surface area contributed by atoms with Gasteiger partial charge in [-0.3, -0.25) is 14.6 Å². The molecule has 0 aliphatic carbocycles. The lowest BCUT2D eigenvalue weighted by Crippen LogP contribution is -2.24. The van der Waals surface area contributed by atoms with Crippen molar-refractivity contribution in [3.63, 3.8) is 0 Å². The molecule has 3 rings (SSSR count). The Morgan fingerprint density at radius 3 is 2.31 bits per heavy atom. The molecule has 3 aromatic rings. The van der Waals surface area contributed by atoms with Crippen molar-refractivity contribution in [1.29, 1.82) is 0 Å². The number of carbonyl (C=O) groups excluding carboxylic acids is 2. The van der Waals surface area contributed by atoms with Crippen LogP contribution in [0.3, 0.4) is 0 Å². The molecule has 0 aliphatic rings. The van der Waals surface area contributed by atoms with E-state index in [0.717, 1.165) is 18.5 Å². The predicted octanol–water partition coefficient (Wildman–Crippen LogP) is 2.85. The molecule has 2 amide bonds. The van der Waals surface area contributed by atoms with Gasteiger partial charge in [0, 0.05) is 30.4 Å². The first-order valence-corrected chi connectivity index (χ1v) is 12.0. The van der Waals surface area contributed by atoms with E-state index >= 15 is 0 Å². The number of alkyl halides is 3. The predicted molar refractivity (Wildman–Crippen MR) is 122 cm³/mol. The van der Waals surface area contributed by atoms with Crippen LogP contribution in [-0.2, 0) is 29.3 Å². The van der Waals surface area contributed by atoms with E-state index in [4.69, 9.17) is 5.73 Å². The summed E-state index contributed by atoms with van der Waals surface area (Å²) in [5.41, 5.74) is 6.49. The van der Waals surface area contributed by atoms with Gasteiger partial charge in [0.25, 0.3) is 5.91 Å². The van der Waals surface area contributed by atoms with Crippen molar-refractivity contribution in [2.24, 2.45) is 5.73 Å². The zero-order chi connectivity index (χ0) is 25.8. The maximum atomic E-state index is 12.9. The third-order valence-electron chi connectivity index (χ3n) is 4.95. The van der Waals surface area contributed by atoms with Gasteiger partial charge in [-0.05, 0) is 40.5 Å². The van der Waals surface area contributed by atoms with Gasteiger partial charge in [0.05, 0.1) is 6.26 Å². The second-order valence-electron chi connectivity index (χ2n) is 7.61. The van der Waals surface area contributed by atoms with Gasteiger partial charge in [-0.1, -0.05) is 36.4 Å². The van der Waals surface area contributed by atoms with E-state index in [9.17, 15) is 31.2 Å². The van der Waals surface area contributed by atoms with Crippen molar-refractivity contribution in [1.82, 2.24) is 15.0 Å². The molecule has 184 valence electrons. The zero-order valence-electron chi connectivity index (χ0n) is 18.4. The number of benzene rings is 2. The Labute approximate surface area is 199 Å². The molecule has 0 spiro atoms. The summed E-state index contributed by atoms with van der Waals surface area (Å²) in [5.74, 6) is -1.27. The van der Waals surface area contributed by atoms with Crippen LogP contribution < -0.4 is 15.8 Å². The molecule has 0 unspecified atom stereocenters. The Hall–Kier alpha value is -3.77. The van der Waals surface area contributed by atoms with Gasteiger partial charge in [0.15, 0.2) is 0 Å². The van der Waals surface area contributed by atoms with E-state index in [1.165, 1.54) is 18.2 Å². The number of nitrogens with zero attached hydrogens (tertiary/aromatic N) is 1. The van der Waals surface area contributed by atoms with Crippen LogP contribution in [0.5, 0.6) is 0 Å². The molecule has 0 radical (unpaired) electrons. The molecular formula is C23H21F3N4O4S. The second kappa shape index (κ2) is 10.2. The number of hydrogen-bond donors (Lipinski definition) is 3. The van der Waals surface area contributed by atoms with E-state index in [-0.39, 0.29) is 24.2 Å². The van der Waals surface area contributed by atoms with E-state index in [1.807, 2.05) is 0 Å². The molecule has 4 N–H and O–H groups in total. The van der Waals surface area contributed by atoms with Gasteiger partial charge in [0.2, 0.25) is 15.9 Å². The topological polar surface area (TPSA) is 131 Å². The fraction of sp³-hybridized carbons (Fsp3) is 0.174. The zero-order valence-corrected chi connectivity index (χ0v) is 19.2. The van der Waals surface area contributed by atoms with Crippen LogP contribution >= 0.6 is 0 Å². The second-order valence-corrected chi connectivity index (χ2v) is 9.44. The number of nitrogens with two attached hydrogens (primary N) is 1. The van der Waals surface area contributed by atoms with E-state index in [0.29, 0.717) is 22.3 Å². The van der Waals surface area contributed by atoms with Crippen molar-refractivity contribution in [3.8, 4) is 11.1 Å². The standard InChI is InChI=1S/C23H21F3N4O4S/c1-35(33,34)30-13-16-8-7-15(10-19(16)21(27)31)17-4-2-3-5-18(17)22(32)29-12-14-6-9-20(28-11-14)23(24,25)26/h2-11,30H,12-13H2,1H3,(H2,27,31)(H,29,32). The molecule has 0 fully saturated rings. The molecule has 2 aromatic carbocycles. The summed E-state index contributed by atoms with van der Waals surface area (Å²) in [6, 6.07) is 13.2. The van der Waals surface area contributed by atoms with E-state index < -0.39 is 33.7 Å². The Balaban J connectivity index is 1.83. The highest BCUT2D eigenvalue weighted by molar-refractivity contribution is 7.88. The lowest BCUT2D eigenvalue weighted by Gasteiger charge is -2.13. The van der Waals surface area contributed by atoms with Crippen LogP contribution in [0.25, 0.3) is 11.1 Å². The minimum atomic E-state index is -4.55. The van der Waals surface area contributed by atoms with Crippen molar-refractivity contribution >= 4 is 21.8 Å². The van der Waals surface area contributed by atoms with Crippen molar-refractivity contribution in [3.05, 3.63) is 88.7 Å². The summed E-state index contributed by atoms with van der Waals surface area (Å²) in [7, 11) is -3.50. The molecule has 1 heterocycles. The summed E-state index contributed by atoms with van der Waals surface area (Å²) in [6.07, 6.45) is -2.53. The summed E-state index contributed by atoms with van der Waals surface area (Å²) in [5, 5.41) is 2.64. The monoisotopic (exact) mass is 506 g/mol. The lowest BCUT2D eigenvalue weighted by molar-refractivity contribution is -0.141. The average Bonchev–Trinajstić information content (AvgIpc) is 2.80.